The van der Waals surface area contributed by atoms with Crippen LogP contribution in [0.3, 0.4) is 0 Å². The second-order valence-corrected chi connectivity index (χ2v) is 5.71. The van der Waals surface area contributed by atoms with Gasteiger partial charge in [0.15, 0.2) is 0 Å². The van der Waals surface area contributed by atoms with Crippen LogP contribution in [0.4, 0.5) is 15.8 Å². The molecule has 0 aliphatic heterocycles. The Hall–Kier alpha value is -3.05. The first-order chi connectivity index (χ1) is 12.1. The van der Waals surface area contributed by atoms with Crippen molar-refractivity contribution in [3.8, 4) is 0 Å². The number of para-hydroxylation sites is 1. The van der Waals surface area contributed by atoms with E-state index < -0.39 is 11.9 Å². The Morgan fingerprint density at radius 3 is 2.28 bits per heavy atom. The Morgan fingerprint density at radius 2 is 1.68 bits per heavy atom. The molecule has 2 aromatic carbocycles. The normalized spacial score (nSPS) is 11.8. The molecule has 0 fully saturated rings. The van der Waals surface area contributed by atoms with E-state index in [9.17, 15) is 9.18 Å². The number of pyridine rings is 1. The number of anilines is 2. The van der Waals surface area contributed by atoms with Crippen molar-refractivity contribution in [2.75, 3.05) is 4.90 Å². The van der Waals surface area contributed by atoms with Crippen molar-refractivity contribution in [3.63, 3.8) is 0 Å². The lowest BCUT2D eigenvalue weighted by Gasteiger charge is -2.23. The Labute approximate surface area is 145 Å². The number of hydrogen-bond donors (Lipinski definition) is 1. The van der Waals surface area contributed by atoms with Crippen molar-refractivity contribution in [2.24, 2.45) is 5.73 Å². The number of carbonyl (C=O) groups excluding carboxylic acids is 1. The van der Waals surface area contributed by atoms with E-state index in [0.717, 1.165) is 0 Å². The third kappa shape index (κ3) is 3.56. The molecule has 1 aromatic heterocycles. The lowest BCUT2D eigenvalue weighted by molar-refractivity contribution is 0.0999. The topological polar surface area (TPSA) is 59.2 Å². The number of carbonyl (C=O) groups is 1. The predicted molar refractivity (Wildman–Crippen MR) is 96.2 cm³/mol. The molecule has 2 N–H and O–H groups in total. The molecule has 3 aromatic rings. The van der Waals surface area contributed by atoms with E-state index in [-0.39, 0.29) is 11.5 Å². The smallest absolute Gasteiger partial charge is 0.262 e. The lowest BCUT2D eigenvalue weighted by atomic mass is 10.0. The zero-order chi connectivity index (χ0) is 17.8. The quantitative estimate of drug-likeness (QED) is 0.776. The number of hydrogen-bond acceptors (Lipinski definition) is 3. The van der Waals surface area contributed by atoms with Crippen LogP contribution in [0.25, 0.3) is 0 Å². The molecule has 25 heavy (non-hydrogen) atoms. The summed E-state index contributed by atoms with van der Waals surface area (Å²) in [6.45, 7) is 1.70. The van der Waals surface area contributed by atoms with Crippen LogP contribution in [-0.2, 0) is 0 Å². The maximum atomic E-state index is 14.3. The van der Waals surface area contributed by atoms with Gasteiger partial charge in [0.1, 0.15) is 5.82 Å². The number of nitrogens with two attached hydrogens (primary N) is 1. The predicted octanol–water partition coefficient (Wildman–Crippen LogP) is 4.22. The second kappa shape index (κ2) is 7.23. The van der Waals surface area contributed by atoms with Crippen molar-refractivity contribution in [3.05, 3.63) is 90.0 Å². The minimum absolute atomic E-state index is 0.252. The fourth-order valence-corrected chi connectivity index (χ4v) is 2.61. The maximum absolute atomic E-state index is 14.3. The lowest BCUT2D eigenvalue weighted by Crippen LogP contribution is -2.26. The summed E-state index contributed by atoms with van der Waals surface area (Å²) in [5.74, 6) is -0.809. The number of amides is 1. The fourth-order valence-electron chi connectivity index (χ4n) is 2.61. The summed E-state index contributed by atoms with van der Waals surface area (Å²) >= 11 is 0. The van der Waals surface area contributed by atoms with E-state index in [1.807, 2.05) is 30.3 Å². The van der Waals surface area contributed by atoms with Gasteiger partial charge in [0, 0.05) is 35.2 Å². The van der Waals surface area contributed by atoms with Gasteiger partial charge < -0.3 is 5.73 Å². The van der Waals surface area contributed by atoms with Gasteiger partial charge in [-0.05, 0) is 43.3 Å². The third-order valence-electron chi connectivity index (χ3n) is 3.88. The minimum Gasteiger partial charge on any atom is -0.324 e. The summed E-state index contributed by atoms with van der Waals surface area (Å²) in [4.78, 5) is 18.6. The van der Waals surface area contributed by atoms with Crippen molar-refractivity contribution in [2.45, 2.75) is 13.0 Å². The highest BCUT2D eigenvalue weighted by atomic mass is 19.1. The van der Waals surface area contributed by atoms with E-state index in [4.69, 9.17) is 5.73 Å². The molecule has 0 bridgehead atoms. The highest BCUT2D eigenvalue weighted by Crippen LogP contribution is 2.27. The SMILES string of the molecule is CC(N)c1ccc(C(=O)N(c2ccccc2)c2ccncc2)cc1F. The molecule has 0 saturated heterocycles. The highest BCUT2D eigenvalue weighted by Gasteiger charge is 2.21. The number of aromatic nitrogens is 1. The molecule has 3 rings (SSSR count). The van der Waals surface area contributed by atoms with Crippen molar-refractivity contribution < 1.29 is 9.18 Å². The minimum atomic E-state index is -0.483. The number of benzene rings is 2. The van der Waals surface area contributed by atoms with E-state index in [1.165, 1.54) is 11.0 Å². The van der Waals surface area contributed by atoms with Gasteiger partial charge in [-0.25, -0.2) is 4.39 Å². The zero-order valence-electron chi connectivity index (χ0n) is 13.8. The summed E-state index contributed by atoms with van der Waals surface area (Å²) in [6, 6.07) is 16.6. The summed E-state index contributed by atoms with van der Waals surface area (Å²) in [5, 5.41) is 0. The van der Waals surface area contributed by atoms with E-state index in [0.29, 0.717) is 16.9 Å². The molecular formula is C20H18FN3O. The van der Waals surface area contributed by atoms with Crippen LogP contribution in [0.1, 0.15) is 28.9 Å². The van der Waals surface area contributed by atoms with Gasteiger partial charge in [-0.3, -0.25) is 14.7 Å². The van der Waals surface area contributed by atoms with E-state index >= 15 is 0 Å². The summed E-state index contributed by atoms with van der Waals surface area (Å²) in [7, 11) is 0. The largest absolute Gasteiger partial charge is 0.324 e. The molecule has 1 heterocycles. The van der Waals surface area contributed by atoms with Gasteiger partial charge in [0.05, 0.1) is 5.69 Å². The summed E-state index contributed by atoms with van der Waals surface area (Å²) < 4.78 is 14.3. The molecule has 0 aliphatic rings. The van der Waals surface area contributed by atoms with Gasteiger partial charge in [0.2, 0.25) is 0 Å². The Morgan fingerprint density at radius 1 is 1.04 bits per heavy atom. The first-order valence-corrected chi connectivity index (χ1v) is 7.92. The molecular weight excluding hydrogens is 317 g/mol. The molecule has 0 aliphatic carbocycles. The fraction of sp³-hybridized carbons (Fsp3) is 0.100. The van der Waals surface area contributed by atoms with Gasteiger partial charge in [-0.2, -0.15) is 0 Å². The highest BCUT2D eigenvalue weighted by molar-refractivity contribution is 6.10. The number of nitrogens with zero attached hydrogens (tertiary/aromatic N) is 2. The zero-order valence-corrected chi connectivity index (χ0v) is 13.8. The van der Waals surface area contributed by atoms with E-state index in [2.05, 4.69) is 4.98 Å². The molecule has 5 heteroatoms. The van der Waals surface area contributed by atoms with Crippen LogP contribution in [-0.4, -0.2) is 10.9 Å². The van der Waals surface area contributed by atoms with Gasteiger partial charge >= 0.3 is 0 Å². The number of rotatable bonds is 4. The van der Waals surface area contributed by atoms with Gasteiger partial charge in [-0.15, -0.1) is 0 Å². The molecule has 1 amide bonds. The molecule has 4 nitrogen and oxygen atoms in total. The third-order valence-corrected chi connectivity index (χ3v) is 3.88. The summed E-state index contributed by atoms with van der Waals surface area (Å²) in [5.41, 5.74) is 7.72. The van der Waals surface area contributed by atoms with Crippen LogP contribution in [0.15, 0.2) is 73.1 Å². The Balaban J connectivity index is 2.05. The Bertz CT molecular complexity index is 827. The van der Waals surface area contributed by atoms with Crippen molar-refractivity contribution >= 4 is 17.3 Å². The van der Waals surface area contributed by atoms with Crippen LogP contribution in [0.5, 0.6) is 0 Å². The monoisotopic (exact) mass is 335 g/mol. The second-order valence-electron chi connectivity index (χ2n) is 5.71. The van der Waals surface area contributed by atoms with Gasteiger partial charge in [-0.1, -0.05) is 24.3 Å². The molecule has 1 atom stereocenters. The van der Waals surface area contributed by atoms with Crippen molar-refractivity contribution in [1.82, 2.24) is 4.98 Å². The molecule has 0 radical (unpaired) electrons. The van der Waals surface area contributed by atoms with Crippen LogP contribution >= 0.6 is 0 Å². The van der Waals surface area contributed by atoms with Gasteiger partial charge in [0.25, 0.3) is 5.91 Å². The van der Waals surface area contributed by atoms with Crippen LogP contribution in [0.2, 0.25) is 0 Å². The summed E-state index contributed by atoms with van der Waals surface area (Å²) in [6.07, 6.45) is 3.22. The standard InChI is InChI=1S/C20H18FN3O/c1-14(22)18-8-7-15(13-19(18)21)20(25)24(16-5-3-2-4-6-16)17-9-11-23-12-10-17/h2-14H,22H2,1H3. The average Bonchev–Trinajstić information content (AvgIpc) is 2.63. The number of halogens is 1. The first kappa shape index (κ1) is 16.8. The molecule has 0 spiro atoms. The van der Waals surface area contributed by atoms with Crippen LogP contribution < -0.4 is 10.6 Å². The Kier molecular flexibility index (Phi) is 4.86. The van der Waals surface area contributed by atoms with Crippen molar-refractivity contribution in [1.29, 1.82) is 0 Å². The molecule has 126 valence electrons. The van der Waals surface area contributed by atoms with Crippen LogP contribution in [0, 0.1) is 5.82 Å². The molecule has 0 saturated carbocycles. The first-order valence-electron chi connectivity index (χ1n) is 7.92. The molecule has 1 unspecified atom stereocenters. The maximum Gasteiger partial charge on any atom is 0.262 e. The van der Waals surface area contributed by atoms with E-state index in [1.54, 1.807) is 43.6 Å². The average molecular weight is 335 g/mol.